The van der Waals surface area contributed by atoms with Crippen LogP contribution in [0.15, 0.2) is 60.7 Å². The maximum Gasteiger partial charge on any atom is 0.200 e. The summed E-state index contributed by atoms with van der Waals surface area (Å²) in [4.78, 5) is 13.2. The number of carbonyl (C=O) groups excluding carboxylic acids is 1. The van der Waals surface area contributed by atoms with Gasteiger partial charge >= 0.3 is 0 Å². The van der Waals surface area contributed by atoms with Crippen molar-refractivity contribution in [2.75, 3.05) is 7.05 Å². The molecule has 1 fully saturated rings. The molecular formula is C22H21F3NO3-. The lowest BCUT2D eigenvalue weighted by Crippen LogP contribution is -2.44. The van der Waals surface area contributed by atoms with Crippen LogP contribution in [0.4, 0.5) is 13.2 Å². The number of likely N-dealkylation sites (N-methyl/N-ethyl adjacent to an activating group) is 1. The van der Waals surface area contributed by atoms with Gasteiger partial charge < -0.3 is 15.0 Å². The predicted molar refractivity (Wildman–Crippen MR) is 99.2 cm³/mol. The molecule has 2 aromatic carbocycles. The number of alkyl halides is 1. The molecular weight excluding hydrogens is 383 g/mol. The van der Waals surface area contributed by atoms with Gasteiger partial charge in [0.15, 0.2) is 5.67 Å². The molecule has 1 N–H and O–H groups in total. The monoisotopic (exact) mass is 404 g/mol. The molecule has 2 aliphatic rings. The summed E-state index contributed by atoms with van der Waals surface area (Å²) in [5.41, 5.74) is -4.13. The normalized spacial score (nSPS) is 23.4. The van der Waals surface area contributed by atoms with Crippen LogP contribution >= 0.6 is 0 Å². The fourth-order valence-corrected chi connectivity index (χ4v) is 3.72. The van der Waals surface area contributed by atoms with Crippen LogP contribution in [-0.4, -0.2) is 34.8 Å². The Balaban J connectivity index is 0.000000200. The third-order valence-electron chi connectivity index (χ3n) is 5.56. The fraction of sp³-hybridized carbons (Fsp3) is 0.318. The van der Waals surface area contributed by atoms with E-state index in [4.69, 9.17) is 0 Å². The van der Waals surface area contributed by atoms with Crippen molar-refractivity contribution in [1.29, 1.82) is 0 Å². The first-order valence-corrected chi connectivity index (χ1v) is 9.22. The summed E-state index contributed by atoms with van der Waals surface area (Å²) in [6.45, 7) is 0. The Morgan fingerprint density at radius 2 is 1.59 bits per heavy atom. The minimum Gasteiger partial charge on any atom is -0.546 e. The molecule has 7 heteroatoms. The third kappa shape index (κ3) is 4.06. The molecule has 4 nitrogen and oxygen atoms in total. The van der Waals surface area contributed by atoms with Gasteiger partial charge in [0.05, 0.1) is 5.97 Å². The summed E-state index contributed by atoms with van der Waals surface area (Å²) in [5, 5.41) is 20.9. The van der Waals surface area contributed by atoms with E-state index in [1.54, 1.807) is 0 Å². The highest BCUT2D eigenvalue weighted by Crippen LogP contribution is 2.36. The van der Waals surface area contributed by atoms with Gasteiger partial charge in [0.2, 0.25) is 0 Å². The van der Waals surface area contributed by atoms with Gasteiger partial charge in [0, 0.05) is 6.04 Å². The lowest BCUT2D eigenvalue weighted by Gasteiger charge is -2.33. The van der Waals surface area contributed by atoms with E-state index in [1.165, 1.54) is 0 Å². The summed E-state index contributed by atoms with van der Waals surface area (Å²) in [6.07, 6.45) is 7.18. The van der Waals surface area contributed by atoms with Crippen LogP contribution in [-0.2, 0) is 10.5 Å². The molecule has 29 heavy (non-hydrogen) atoms. The Kier molecular flexibility index (Phi) is 5.82. The molecule has 0 unspecified atom stereocenters. The van der Waals surface area contributed by atoms with Gasteiger partial charge in [-0.05, 0) is 67.8 Å². The topological polar surface area (TPSA) is 63.6 Å². The Hall–Kier alpha value is -2.64. The van der Waals surface area contributed by atoms with Crippen molar-refractivity contribution < 1.29 is 28.2 Å². The molecule has 0 aromatic heterocycles. The molecule has 2 bridgehead atoms. The Labute approximate surface area is 166 Å². The molecule has 1 saturated heterocycles. The number of hydrogen-bond acceptors (Lipinski definition) is 4. The predicted octanol–water partition coefficient (Wildman–Crippen LogP) is 2.66. The summed E-state index contributed by atoms with van der Waals surface area (Å²) in [7, 11) is 2.00. The van der Waals surface area contributed by atoms with Crippen molar-refractivity contribution in [3.8, 4) is 0 Å². The van der Waals surface area contributed by atoms with Gasteiger partial charge in [-0.25, -0.2) is 13.2 Å². The number of fused-ring (bicyclic) bond motifs is 2. The number of aliphatic carboxylic acids is 1. The second kappa shape index (κ2) is 8.00. The maximum absolute atomic E-state index is 14.7. The number of halogens is 3. The smallest absolute Gasteiger partial charge is 0.200 e. The first-order chi connectivity index (χ1) is 13.7. The molecule has 2 heterocycles. The number of rotatable bonds is 3. The minimum absolute atomic E-state index is 0.291. The van der Waals surface area contributed by atoms with E-state index in [0.29, 0.717) is 6.04 Å². The summed E-state index contributed by atoms with van der Waals surface area (Å²) >= 11 is 0. The van der Waals surface area contributed by atoms with Crippen LogP contribution in [0.5, 0.6) is 0 Å². The number of carboxylic acid groups (broad SMARTS) is 1. The SMILES string of the molecule is CN1[C@@H]2CC=C[C@@]1(O)CC2.O=C([O-])C(F)(c1ccc(F)cc1)c1ccc(F)cc1. The number of aliphatic hydroxyl groups is 1. The fourth-order valence-electron chi connectivity index (χ4n) is 3.72. The van der Waals surface area contributed by atoms with E-state index in [9.17, 15) is 28.2 Å². The summed E-state index contributed by atoms with van der Waals surface area (Å²) in [6, 6.07) is 8.39. The summed E-state index contributed by atoms with van der Waals surface area (Å²) in [5.74, 6) is -3.24. The van der Waals surface area contributed by atoms with Crippen LogP contribution in [0.2, 0.25) is 0 Å². The molecule has 0 saturated carbocycles. The van der Waals surface area contributed by atoms with Crippen LogP contribution in [0, 0.1) is 11.6 Å². The molecule has 154 valence electrons. The average molecular weight is 404 g/mol. The van der Waals surface area contributed by atoms with Crippen molar-refractivity contribution in [3.63, 3.8) is 0 Å². The summed E-state index contributed by atoms with van der Waals surface area (Å²) < 4.78 is 40.3. The molecule has 2 aromatic rings. The number of carboxylic acids is 1. The standard InChI is InChI=1S/C14H9F3O2.C8H13NO/c15-11-5-1-9(2-6-11)14(17,13(18)19)10-3-7-12(16)8-4-10;1-9-7-3-2-5-8(9,10)6-4-7/h1-8H,(H,18,19);2,5,7,10H,3-4,6H2,1H3/p-1/t;7-,8-/m.1/s1. The van der Waals surface area contributed by atoms with E-state index in [2.05, 4.69) is 11.0 Å². The second-order valence-electron chi connectivity index (χ2n) is 7.28. The highest BCUT2D eigenvalue weighted by molar-refractivity contribution is 5.82. The van der Waals surface area contributed by atoms with Crippen LogP contribution in [0.3, 0.4) is 0 Å². The molecule has 0 aliphatic carbocycles. The van der Waals surface area contributed by atoms with E-state index >= 15 is 0 Å². The number of nitrogens with zero attached hydrogens (tertiary/aromatic N) is 1. The number of hydrogen-bond donors (Lipinski definition) is 1. The van der Waals surface area contributed by atoms with Crippen molar-refractivity contribution in [1.82, 2.24) is 4.90 Å². The Bertz CT molecular complexity index is 853. The van der Waals surface area contributed by atoms with Gasteiger partial charge in [-0.15, -0.1) is 0 Å². The van der Waals surface area contributed by atoms with Gasteiger partial charge in [0.25, 0.3) is 0 Å². The first-order valence-electron chi connectivity index (χ1n) is 9.22. The van der Waals surface area contributed by atoms with Crippen molar-refractivity contribution in [3.05, 3.63) is 83.4 Å². The van der Waals surface area contributed by atoms with Crippen LogP contribution in [0.1, 0.15) is 30.4 Å². The van der Waals surface area contributed by atoms with E-state index in [-0.39, 0.29) is 11.1 Å². The van der Waals surface area contributed by atoms with Gasteiger partial charge in [-0.3, -0.25) is 4.90 Å². The largest absolute Gasteiger partial charge is 0.546 e. The average Bonchev–Trinajstić information content (AvgIpc) is 2.85. The quantitative estimate of drug-likeness (QED) is 0.799. The minimum atomic E-state index is -2.96. The lowest BCUT2D eigenvalue weighted by atomic mass is 9.88. The van der Waals surface area contributed by atoms with Gasteiger partial charge in [0.1, 0.15) is 17.4 Å². The zero-order valence-corrected chi connectivity index (χ0v) is 15.8. The third-order valence-corrected chi connectivity index (χ3v) is 5.56. The molecule has 4 rings (SSSR count). The van der Waals surface area contributed by atoms with Gasteiger partial charge in [-0.1, -0.05) is 30.3 Å². The zero-order chi connectivity index (χ0) is 21.2. The van der Waals surface area contributed by atoms with Crippen molar-refractivity contribution in [2.45, 2.75) is 36.7 Å². The molecule has 2 aliphatic heterocycles. The molecule has 0 amide bonds. The van der Waals surface area contributed by atoms with Crippen molar-refractivity contribution >= 4 is 5.97 Å². The second-order valence-corrected chi connectivity index (χ2v) is 7.28. The molecule has 0 radical (unpaired) electrons. The lowest BCUT2D eigenvalue weighted by molar-refractivity contribution is -0.318. The van der Waals surface area contributed by atoms with E-state index in [1.807, 2.05) is 13.1 Å². The van der Waals surface area contributed by atoms with Crippen molar-refractivity contribution in [2.24, 2.45) is 0 Å². The highest BCUT2D eigenvalue weighted by Gasteiger charge is 2.42. The Morgan fingerprint density at radius 1 is 1.10 bits per heavy atom. The number of benzene rings is 2. The zero-order valence-electron chi connectivity index (χ0n) is 15.8. The first kappa shape index (κ1) is 21.1. The molecule has 2 atom stereocenters. The van der Waals surface area contributed by atoms with Crippen LogP contribution < -0.4 is 5.11 Å². The van der Waals surface area contributed by atoms with Gasteiger partial charge in [-0.2, -0.15) is 0 Å². The molecule has 0 spiro atoms. The van der Waals surface area contributed by atoms with E-state index < -0.39 is 29.0 Å². The van der Waals surface area contributed by atoms with E-state index in [0.717, 1.165) is 67.8 Å². The van der Waals surface area contributed by atoms with Crippen LogP contribution in [0.25, 0.3) is 0 Å². The maximum atomic E-state index is 14.7. The number of carbonyl (C=O) groups is 1. The Morgan fingerprint density at radius 3 is 1.97 bits per heavy atom. The highest BCUT2D eigenvalue weighted by atomic mass is 19.1.